The van der Waals surface area contributed by atoms with Crippen LogP contribution in [0.2, 0.25) is 0 Å². The first-order valence-electron chi connectivity index (χ1n) is 7.41. The Labute approximate surface area is 118 Å². The first kappa shape index (κ1) is 13.6. The van der Waals surface area contributed by atoms with Gasteiger partial charge in [0.05, 0.1) is 5.56 Å². The second-order valence-electron chi connectivity index (χ2n) is 5.95. The molecule has 0 amide bonds. The van der Waals surface area contributed by atoms with Gasteiger partial charge in [-0.3, -0.25) is 4.90 Å². The van der Waals surface area contributed by atoms with Gasteiger partial charge in [0, 0.05) is 18.2 Å². The third-order valence-electron chi connectivity index (χ3n) is 4.81. The lowest BCUT2D eigenvalue weighted by Crippen LogP contribution is -2.34. The summed E-state index contributed by atoms with van der Waals surface area (Å²) in [7, 11) is 0. The van der Waals surface area contributed by atoms with Gasteiger partial charge in [-0.15, -0.1) is 0 Å². The van der Waals surface area contributed by atoms with Crippen LogP contribution < -0.4 is 0 Å². The molecule has 3 nitrogen and oxygen atoms in total. The van der Waals surface area contributed by atoms with E-state index in [9.17, 15) is 9.18 Å². The highest BCUT2D eigenvalue weighted by Crippen LogP contribution is 2.37. The summed E-state index contributed by atoms with van der Waals surface area (Å²) in [6.07, 6.45) is 6.27. The highest BCUT2D eigenvalue weighted by Gasteiger charge is 2.35. The summed E-state index contributed by atoms with van der Waals surface area (Å²) in [6.45, 7) is 1.54. The molecule has 1 N–H and O–H groups in total. The van der Waals surface area contributed by atoms with Crippen LogP contribution in [0.15, 0.2) is 18.2 Å². The van der Waals surface area contributed by atoms with Gasteiger partial charge in [-0.1, -0.05) is 25.0 Å². The lowest BCUT2D eigenvalue weighted by atomic mass is 9.85. The Hall–Kier alpha value is -1.42. The van der Waals surface area contributed by atoms with E-state index >= 15 is 0 Å². The number of benzene rings is 1. The number of hydrogen-bond donors (Lipinski definition) is 1. The van der Waals surface area contributed by atoms with Crippen molar-refractivity contribution in [3.63, 3.8) is 0 Å². The van der Waals surface area contributed by atoms with Gasteiger partial charge in [0.25, 0.3) is 0 Å². The van der Waals surface area contributed by atoms with Crippen LogP contribution in [0.25, 0.3) is 0 Å². The Morgan fingerprint density at radius 2 is 2.10 bits per heavy atom. The van der Waals surface area contributed by atoms with Crippen molar-refractivity contribution in [2.45, 2.75) is 44.7 Å². The molecule has 1 aromatic rings. The van der Waals surface area contributed by atoms with Gasteiger partial charge in [0.15, 0.2) is 0 Å². The Balaban J connectivity index is 1.78. The van der Waals surface area contributed by atoms with Gasteiger partial charge in [0.2, 0.25) is 0 Å². The second kappa shape index (κ2) is 5.52. The highest BCUT2D eigenvalue weighted by molar-refractivity contribution is 5.88. The van der Waals surface area contributed by atoms with Crippen LogP contribution in [0.4, 0.5) is 4.39 Å². The maximum Gasteiger partial charge on any atom is 0.338 e. The van der Waals surface area contributed by atoms with Crippen molar-refractivity contribution in [2.75, 3.05) is 6.54 Å². The molecular weight excluding hydrogens is 257 g/mol. The Morgan fingerprint density at radius 3 is 2.90 bits per heavy atom. The zero-order valence-corrected chi connectivity index (χ0v) is 11.5. The molecule has 0 aromatic heterocycles. The second-order valence-corrected chi connectivity index (χ2v) is 5.95. The van der Waals surface area contributed by atoms with Crippen molar-refractivity contribution in [3.8, 4) is 0 Å². The molecule has 0 spiro atoms. The number of carbonyl (C=O) groups is 1. The molecule has 2 fully saturated rings. The fraction of sp³-hybridized carbons (Fsp3) is 0.562. The molecule has 3 rings (SSSR count). The zero-order chi connectivity index (χ0) is 14.1. The molecule has 20 heavy (non-hydrogen) atoms. The summed E-state index contributed by atoms with van der Waals surface area (Å²) in [5.74, 6) is -1.00. The monoisotopic (exact) mass is 277 g/mol. The molecule has 2 atom stereocenters. The van der Waals surface area contributed by atoms with Crippen molar-refractivity contribution in [2.24, 2.45) is 5.92 Å². The van der Waals surface area contributed by atoms with Crippen molar-refractivity contribution in [1.82, 2.24) is 4.90 Å². The summed E-state index contributed by atoms with van der Waals surface area (Å²) in [6, 6.07) is 5.24. The summed E-state index contributed by atoms with van der Waals surface area (Å²) in [5.41, 5.74) is 0.290. The van der Waals surface area contributed by atoms with Gasteiger partial charge in [0.1, 0.15) is 5.82 Å². The first-order chi connectivity index (χ1) is 9.66. The van der Waals surface area contributed by atoms with Gasteiger partial charge >= 0.3 is 5.97 Å². The average molecular weight is 277 g/mol. The SMILES string of the molecule is O=C(O)c1cccc(CN2CCC3CCCCC32)c1F. The van der Waals surface area contributed by atoms with E-state index in [1.165, 1.54) is 38.2 Å². The molecule has 1 saturated heterocycles. The lowest BCUT2D eigenvalue weighted by Gasteiger charge is -2.31. The Bertz CT molecular complexity index is 517. The Morgan fingerprint density at radius 1 is 1.30 bits per heavy atom. The van der Waals surface area contributed by atoms with Crippen LogP contribution in [0, 0.1) is 11.7 Å². The number of likely N-dealkylation sites (tertiary alicyclic amines) is 1. The average Bonchev–Trinajstić information content (AvgIpc) is 2.84. The number of rotatable bonds is 3. The molecule has 2 aliphatic rings. The quantitative estimate of drug-likeness (QED) is 0.921. The normalized spacial score (nSPS) is 26.4. The van der Waals surface area contributed by atoms with Crippen molar-refractivity contribution >= 4 is 5.97 Å². The summed E-state index contributed by atoms with van der Waals surface area (Å²) >= 11 is 0. The molecule has 1 aliphatic heterocycles. The standard InChI is InChI=1S/C16H20FNO2/c17-15-12(5-3-6-13(15)16(19)20)10-18-9-8-11-4-1-2-7-14(11)18/h3,5-6,11,14H,1-2,4,7-10H2,(H,19,20). The smallest absolute Gasteiger partial charge is 0.338 e. The molecule has 0 bridgehead atoms. The highest BCUT2D eigenvalue weighted by atomic mass is 19.1. The molecule has 0 radical (unpaired) electrons. The van der Waals surface area contributed by atoms with Crippen molar-refractivity contribution in [1.29, 1.82) is 0 Å². The Kier molecular flexibility index (Phi) is 3.74. The van der Waals surface area contributed by atoms with E-state index in [-0.39, 0.29) is 5.56 Å². The van der Waals surface area contributed by atoms with Crippen LogP contribution >= 0.6 is 0 Å². The minimum absolute atomic E-state index is 0.220. The fourth-order valence-corrected chi connectivity index (χ4v) is 3.79. The third kappa shape index (κ3) is 2.44. The van der Waals surface area contributed by atoms with Crippen LogP contribution in [0.1, 0.15) is 48.0 Å². The van der Waals surface area contributed by atoms with Gasteiger partial charge in [-0.05, 0) is 37.8 Å². The summed E-state index contributed by atoms with van der Waals surface area (Å²) in [5, 5.41) is 8.98. The van der Waals surface area contributed by atoms with Gasteiger partial charge in [-0.2, -0.15) is 0 Å². The largest absolute Gasteiger partial charge is 0.478 e. The maximum atomic E-state index is 14.2. The van der Waals surface area contributed by atoms with E-state index < -0.39 is 11.8 Å². The third-order valence-corrected chi connectivity index (χ3v) is 4.81. The fourth-order valence-electron chi connectivity index (χ4n) is 3.79. The number of carboxylic acid groups (broad SMARTS) is 1. The molecule has 1 aromatic carbocycles. The number of aromatic carboxylic acids is 1. The summed E-state index contributed by atoms with van der Waals surface area (Å²) in [4.78, 5) is 13.3. The molecule has 2 unspecified atom stereocenters. The van der Waals surface area contributed by atoms with E-state index in [4.69, 9.17) is 5.11 Å². The van der Waals surface area contributed by atoms with E-state index in [0.717, 1.165) is 12.5 Å². The van der Waals surface area contributed by atoms with Gasteiger partial charge < -0.3 is 5.11 Å². The van der Waals surface area contributed by atoms with E-state index in [2.05, 4.69) is 4.90 Å². The minimum atomic E-state index is -1.19. The predicted octanol–water partition coefficient (Wildman–Crippen LogP) is 3.29. The number of carboxylic acids is 1. The van der Waals surface area contributed by atoms with E-state index in [0.29, 0.717) is 18.2 Å². The van der Waals surface area contributed by atoms with Crippen molar-refractivity contribution < 1.29 is 14.3 Å². The van der Waals surface area contributed by atoms with Crippen molar-refractivity contribution in [3.05, 3.63) is 35.1 Å². The minimum Gasteiger partial charge on any atom is -0.478 e. The molecule has 108 valence electrons. The molecule has 1 heterocycles. The van der Waals surface area contributed by atoms with Crippen LogP contribution in [0.3, 0.4) is 0 Å². The lowest BCUT2D eigenvalue weighted by molar-refractivity contribution is 0.0691. The van der Waals surface area contributed by atoms with Crippen LogP contribution in [-0.4, -0.2) is 28.6 Å². The van der Waals surface area contributed by atoms with Crippen LogP contribution in [-0.2, 0) is 6.54 Å². The number of nitrogens with zero attached hydrogens (tertiary/aromatic N) is 1. The number of halogens is 1. The van der Waals surface area contributed by atoms with E-state index in [1.807, 2.05) is 0 Å². The molecule has 1 aliphatic carbocycles. The molecule has 1 saturated carbocycles. The molecular formula is C16H20FNO2. The maximum absolute atomic E-state index is 14.2. The summed E-state index contributed by atoms with van der Waals surface area (Å²) < 4.78 is 14.2. The predicted molar refractivity (Wildman–Crippen MR) is 74.1 cm³/mol. The number of fused-ring (bicyclic) bond motifs is 1. The van der Waals surface area contributed by atoms with Gasteiger partial charge in [-0.25, -0.2) is 9.18 Å². The number of hydrogen-bond acceptors (Lipinski definition) is 2. The molecule has 4 heteroatoms. The zero-order valence-electron chi connectivity index (χ0n) is 11.5. The van der Waals surface area contributed by atoms with Crippen LogP contribution in [0.5, 0.6) is 0 Å². The first-order valence-corrected chi connectivity index (χ1v) is 7.41. The van der Waals surface area contributed by atoms with E-state index in [1.54, 1.807) is 12.1 Å². The topological polar surface area (TPSA) is 40.5 Å².